The summed E-state index contributed by atoms with van der Waals surface area (Å²) in [5.74, 6) is 0.0467. The predicted molar refractivity (Wildman–Crippen MR) is 175 cm³/mol. The van der Waals surface area contributed by atoms with Crippen LogP contribution in [0.2, 0.25) is 0 Å². The van der Waals surface area contributed by atoms with Gasteiger partial charge in [-0.05, 0) is 83.5 Å². The van der Waals surface area contributed by atoms with Gasteiger partial charge >= 0.3 is 12.0 Å². The van der Waals surface area contributed by atoms with E-state index in [1.165, 1.54) is 25.5 Å². The number of esters is 1. The number of methoxy groups -OCH3 is 1. The molecule has 3 aromatic rings. The number of non-ortho nitro benzene ring substituents is 1. The highest BCUT2D eigenvalue weighted by Gasteiger charge is 2.32. The summed E-state index contributed by atoms with van der Waals surface area (Å²) in [6.45, 7) is 3.27. The summed E-state index contributed by atoms with van der Waals surface area (Å²) < 4.78 is 22.8. The molecule has 0 unspecified atom stereocenters. The van der Waals surface area contributed by atoms with Gasteiger partial charge in [0.15, 0.2) is 18.1 Å². The third-order valence-electron chi connectivity index (χ3n) is 6.52. The van der Waals surface area contributed by atoms with Crippen molar-refractivity contribution >= 4 is 52.4 Å². The third kappa shape index (κ3) is 8.71. The number of amides is 3. The Kier molecular flexibility index (Phi) is 11.5. The average molecular weight is 744 g/mol. The molecule has 1 heterocycles. The maximum absolute atomic E-state index is 12.6. The summed E-state index contributed by atoms with van der Waals surface area (Å²) >= 11 is 2.10. The molecule has 0 spiro atoms. The molecule has 0 radical (unpaired) electrons. The number of benzene rings is 3. The Morgan fingerprint density at radius 1 is 1.09 bits per heavy atom. The molecule has 0 bridgehead atoms. The number of allylic oxidation sites excluding steroid dienone is 1. The number of nitrogens with zero attached hydrogens (tertiary/aromatic N) is 2. The third-order valence-corrected chi connectivity index (χ3v) is 7.36. The number of ether oxygens (including phenoxy) is 4. The highest BCUT2D eigenvalue weighted by Crippen LogP contribution is 2.34. The first-order chi connectivity index (χ1) is 22.1. The molecule has 0 fully saturated rings. The van der Waals surface area contributed by atoms with E-state index in [4.69, 9.17) is 18.9 Å². The monoisotopic (exact) mass is 743 g/mol. The second kappa shape index (κ2) is 15.7. The van der Waals surface area contributed by atoms with Crippen molar-refractivity contribution in [3.63, 3.8) is 0 Å². The van der Waals surface area contributed by atoms with Gasteiger partial charge in [-0.2, -0.15) is 5.10 Å². The zero-order valence-electron chi connectivity index (χ0n) is 25.0. The Morgan fingerprint density at radius 3 is 2.59 bits per heavy atom. The minimum Gasteiger partial charge on any atom is -0.493 e. The smallest absolute Gasteiger partial charge is 0.338 e. The second-order valence-corrected chi connectivity index (χ2v) is 10.9. The van der Waals surface area contributed by atoms with Gasteiger partial charge in [0.2, 0.25) is 0 Å². The van der Waals surface area contributed by atoms with Gasteiger partial charge < -0.3 is 29.6 Å². The van der Waals surface area contributed by atoms with Gasteiger partial charge in [0.25, 0.3) is 11.6 Å². The number of carbonyl (C=O) groups is 3. The number of hydrazone groups is 1. The molecular formula is C31H30IN5O9. The van der Waals surface area contributed by atoms with Crippen molar-refractivity contribution in [1.29, 1.82) is 0 Å². The summed E-state index contributed by atoms with van der Waals surface area (Å²) in [6, 6.07) is 15.1. The molecule has 0 saturated heterocycles. The molecule has 0 saturated carbocycles. The van der Waals surface area contributed by atoms with Crippen LogP contribution in [0, 0.1) is 13.7 Å². The zero-order chi connectivity index (χ0) is 33.2. The molecule has 4 rings (SSSR count). The fourth-order valence-corrected chi connectivity index (χ4v) is 5.09. The lowest BCUT2D eigenvalue weighted by Crippen LogP contribution is -2.45. The predicted octanol–water partition coefficient (Wildman–Crippen LogP) is 4.51. The summed E-state index contributed by atoms with van der Waals surface area (Å²) in [6.07, 6.45) is 1.46. The summed E-state index contributed by atoms with van der Waals surface area (Å²) in [5.41, 5.74) is 4.94. The Morgan fingerprint density at radius 2 is 1.87 bits per heavy atom. The number of rotatable bonds is 13. The maximum Gasteiger partial charge on any atom is 0.338 e. The summed E-state index contributed by atoms with van der Waals surface area (Å²) in [7, 11) is 1.43. The van der Waals surface area contributed by atoms with Crippen LogP contribution in [0.4, 0.5) is 10.5 Å². The van der Waals surface area contributed by atoms with E-state index in [-0.39, 0.29) is 42.6 Å². The number of urea groups is 1. The lowest BCUT2D eigenvalue weighted by molar-refractivity contribution is -0.384. The van der Waals surface area contributed by atoms with Crippen LogP contribution in [0.5, 0.6) is 17.2 Å². The molecule has 1 atom stereocenters. The number of nitro benzene ring substituents is 1. The Hall–Kier alpha value is -5.19. The van der Waals surface area contributed by atoms with Crippen LogP contribution in [0.3, 0.4) is 0 Å². The van der Waals surface area contributed by atoms with Crippen molar-refractivity contribution in [3.8, 4) is 17.2 Å². The van der Waals surface area contributed by atoms with Gasteiger partial charge in [-0.1, -0.05) is 18.2 Å². The van der Waals surface area contributed by atoms with E-state index in [2.05, 4.69) is 43.8 Å². The molecule has 3 aromatic carbocycles. The fraction of sp³-hybridized carbons (Fsp3) is 0.226. The quantitative estimate of drug-likeness (QED) is 0.0747. The standard InChI is InChI=1S/C31H30IN5O9/c1-4-44-30(39)28-18(2)34-31(40)35-29(28)21-9-11-25(26(14-21)43-3)46-17-27(38)36-33-15-19-8-10-24(23(32)13-19)45-16-20-6-5-7-22(12-20)37(41)42/h5-15,29H,4,16-17H2,1-3H3,(H,36,38)(H2,34,35,40)/b33-15-/t29-/m1/s1. The lowest BCUT2D eigenvalue weighted by Gasteiger charge is -2.28. The SMILES string of the molecule is CCOC(=O)C1=C(C)NC(=O)N[C@@H]1c1ccc(OCC(=O)N/N=C\c2ccc(OCc3cccc([N+](=O)[O-])c3)c(I)c2)c(OC)c1. The van der Waals surface area contributed by atoms with E-state index in [0.29, 0.717) is 28.1 Å². The van der Waals surface area contributed by atoms with Gasteiger partial charge in [0.05, 0.1) is 40.0 Å². The zero-order valence-corrected chi connectivity index (χ0v) is 27.2. The summed E-state index contributed by atoms with van der Waals surface area (Å²) in [4.78, 5) is 47.7. The van der Waals surface area contributed by atoms with E-state index in [9.17, 15) is 24.5 Å². The molecule has 3 amide bonds. The minimum atomic E-state index is -0.787. The van der Waals surface area contributed by atoms with Crippen LogP contribution < -0.4 is 30.3 Å². The van der Waals surface area contributed by atoms with Crippen LogP contribution in [-0.2, 0) is 20.9 Å². The number of nitrogens with one attached hydrogen (secondary N) is 3. The van der Waals surface area contributed by atoms with Gasteiger partial charge in [0.1, 0.15) is 12.4 Å². The van der Waals surface area contributed by atoms with Crippen molar-refractivity contribution in [1.82, 2.24) is 16.1 Å². The molecule has 46 heavy (non-hydrogen) atoms. The van der Waals surface area contributed by atoms with Gasteiger partial charge in [-0.15, -0.1) is 0 Å². The van der Waals surface area contributed by atoms with Crippen LogP contribution >= 0.6 is 22.6 Å². The lowest BCUT2D eigenvalue weighted by atomic mass is 9.95. The Labute approximate surface area is 277 Å². The Balaban J connectivity index is 1.33. The number of hydrogen-bond donors (Lipinski definition) is 3. The van der Waals surface area contributed by atoms with Crippen LogP contribution in [0.15, 0.2) is 77.0 Å². The largest absolute Gasteiger partial charge is 0.493 e. The molecule has 1 aliphatic rings. The normalized spacial score (nSPS) is 14.3. The molecule has 240 valence electrons. The van der Waals surface area contributed by atoms with E-state index in [0.717, 1.165) is 3.57 Å². The second-order valence-electron chi connectivity index (χ2n) is 9.69. The van der Waals surface area contributed by atoms with E-state index < -0.39 is 28.9 Å². The van der Waals surface area contributed by atoms with E-state index in [1.807, 2.05) is 0 Å². The van der Waals surface area contributed by atoms with Crippen LogP contribution in [-0.4, -0.2) is 49.4 Å². The Bertz CT molecular complexity index is 1710. The number of carbonyl (C=O) groups excluding carboxylic acids is 3. The number of halogens is 1. The van der Waals surface area contributed by atoms with E-state index in [1.54, 1.807) is 62.4 Å². The van der Waals surface area contributed by atoms with Crippen molar-refractivity contribution in [2.24, 2.45) is 5.10 Å². The van der Waals surface area contributed by atoms with Gasteiger partial charge in [0, 0.05) is 17.8 Å². The molecule has 14 nitrogen and oxygen atoms in total. The number of hydrogen-bond acceptors (Lipinski definition) is 10. The minimum absolute atomic E-state index is 0.00518. The first-order valence-corrected chi connectivity index (χ1v) is 14.9. The fourth-order valence-electron chi connectivity index (χ4n) is 4.40. The maximum atomic E-state index is 12.6. The van der Waals surface area contributed by atoms with E-state index >= 15 is 0 Å². The van der Waals surface area contributed by atoms with Crippen LogP contribution in [0.1, 0.15) is 36.6 Å². The average Bonchev–Trinajstić information content (AvgIpc) is 3.03. The topological polar surface area (TPSA) is 180 Å². The first kappa shape index (κ1) is 33.7. The highest BCUT2D eigenvalue weighted by molar-refractivity contribution is 14.1. The molecule has 3 N–H and O–H groups in total. The molecular weight excluding hydrogens is 713 g/mol. The van der Waals surface area contributed by atoms with Crippen molar-refractivity contribution in [2.45, 2.75) is 26.5 Å². The molecule has 0 aromatic heterocycles. The first-order valence-electron chi connectivity index (χ1n) is 13.8. The highest BCUT2D eigenvalue weighted by atomic mass is 127. The van der Waals surface area contributed by atoms with Crippen molar-refractivity contribution in [2.75, 3.05) is 20.3 Å². The molecule has 15 heteroatoms. The van der Waals surface area contributed by atoms with Gasteiger partial charge in [-0.25, -0.2) is 15.0 Å². The molecule has 1 aliphatic heterocycles. The van der Waals surface area contributed by atoms with Crippen molar-refractivity contribution in [3.05, 3.63) is 102 Å². The van der Waals surface area contributed by atoms with Crippen LogP contribution in [0.25, 0.3) is 0 Å². The number of nitro groups is 1. The molecule has 0 aliphatic carbocycles. The summed E-state index contributed by atoms with van der Waals surface area (Å²) in [5, 5.41) is 20.3. The van der Waals surface area contributed by atoms with Gasteiger partial charge in [-0.3, -0.25) is 14.9 Å². The van der Waals surface area contributed by atoms with Crippen molar-refractivity contribution < 1.29 is 38.3 Å².